The van der Waals surface area contributed by atoms with Crippen LogP contribution in [0, 0.1) is 12.7 Å². The number of carbonyl (C=O) groups is 1. The lowest BCUT2D eigenvalue weighted by atomic mass is 10.1. The quantitative estimate of drug-likeness (QED) is 0.870. The minimum Gasteiger partial charge on any atom is -0.322 e. The maximum Gasteiger partial charge on any atom is 0.257 e. The molecule has 2 aromatic carbocycles. The number of anilines is 1. The van der Waals surface area contributed by atoms with Crippen LogP contribution in [0.25, 0.3) is 0 Å². The van der Waals surface area contributed by atoms with Crippen molar-refractivity contribution in [2.24, 2.45) is 0 Å². The fourth-order valence-electron chi connectivity index (χ4n) is 1.57. The van der Waals surface area contributed by atoms with E-state index in [2.05, 4.69) is 5.32 Å². The molecule has 0 saturated carbocycles. The molecule has 0 aromatic heterocycles. The Bertz CT molecular complexity index is 598. The number of rotatable bonds is 2. The maximum absolute atomic E-state index is 13.0. The second-order valence-corrected chi connectivity index (χ2v) is 4.35. The largest absolute Gasteiger partial charge is 0.322 e. The lowest BCUT2D eigenvalue weighted by Crippen LogP contribution is -2.12. The molecule has 0 fully saturated rings. The number of amides is 1. The third kappa shape index (κ3) is 2.87. The van der Waals surface area contributed by atoms with Crippen LogP contribution in [-0.2, 0) is 0 Å². The van der Waals surface area contributed by atoms with E-state index in [-0.39, 0.29) is 5.91 Å². The van der Waals surface area contributed by atoms with Crippen molar-refractivity contribution >= 4 is 23.2 Å². The molecule has 1 amide bonds. The van der Waals surface area contributed by atoms with Crippen LogP contribution in [0.4, 0.5) is 10.1 Å². The summed E-state index contributed by atoms with van der Waals surface area (Å²) in [6.45, 7) is 1.89. The fourth-order valence-corrected chi connectivity index (χ4v) is 1.89. The summed E-state index contributed by atoms with van der Waals surface area (Å²) in [5, 5.41) is 2.97. The molecule has 0 radical (unpaired) electrons. The molecular weight excluding hydrogens is 253 g/mol. The van der Waals surface area contributed by atoms with Crippen molar-refractivity contribution in [3.05, 3.63) is 64.4 Å². The molecule has 0 spiro atoms. The van der Waals surface area contributed by atoms with E-state index in [0.717, 1.165) is 5.56 Å². The van der Waals surface area contributed by atoms with Gasteiger partial charge in [-0.3, -0.25) is 4.79 Å². The van der Waals surface area contributed by atoms with Crippen molar-refractivity contribution in [3.63, 3.8) is 0 Å². The molecule has 1 N–H and O–H groups in total. The van der Waals surface area contributed by atoms with Crippen LogP contribution >= 0.6 is 11.6 Å². The predicted octanol–water partition coefficient (Wildman–Crippen LogP) is 4.04. The van der Waals surface area contributed by atoms with Crippen molar-refractivity contribution in [3.8, 4) is 0 Å². The standard InChI is InChI=1S/C14H11ClFNO/c1-9-5-6-12(13(15)7-9)14(18)17-11-4-2-3-10(16)8-11/h2-8H,1H3,(H,17,18). The zero-order valence-corrected chi connectivity index (χ0v) is 10.5. The summed E-state index contributed by atoms with van der Waals surface area (Å²) in [5.41, 5.74) is 1.74. The molecule has 2 rings (SSSR count). The van der Waals surface area contributed by atoms with Gasteiger partial charge in [-0.15, -0.1) is 0 Å². The first-order valence-electron chi connectivity index (χ1n) is 5.39. The predicted molar refractivity (Wildman–Crippen MR) is 70.5 cm³/mol. The molecule has 0 saturated heterocycles. The number of halogens is 2. The molecule has 0 heterocycles. The third-order valence-electron chi connectivity index (χ3n) is 2.45. The van der Waals surface area contributed by atoms with Crippen LogP contribution in [0.5, 0.6) is 0 Å². The molecule has 4 heteroatoms. The summed E-state index contributed by atoms with van der Waals surface area (Å²) in [4.78, 5) is 11.9. The Labute approximate surface area is 109 Å². The Morgan fingerprint density at radius 2 is 2.00 bits per heavy atom. The fraction of sp³-hybridized carbons (Fsp3) is 0.0714. The number of hydrogen-bond donors (Lipinski definition) is 1. The average Bonchev–Trinajstić information content (AvgIpc) is 2.28. The molecular formula is C14H11ClFNO. The molecule has 0 bridgehead atoms. The summed E-state index contributed by atoms with van der Waals surface area (Å²) < 4.78 is 13.0. The monoisotopic (exact) mass is 263 g/mol. The molecule has 92 valence electrons. The van der Waals surface area contributed by atoms with Gasteiger partial charge in [0.1, 0.15) is 5.82 Å². The molecule has 0 aliphatic carbocycles. The highest BCUT2D eigenvalue weighted by Gasteiger charge is 2.10. The van der Waals surface area contributed by atoms with Crippen LogP contribution in [0.2, 0.25) is 5.02 Å². The van der Waals surface area contributed by atoms with Crippen LogP contribution in [0.3, 0.4) is 0 Å². The van der Waals surface area contributed by atoms with Crippen molar-refractivity contribution in [2.45, 2.75) is 6.92 Å². The Hall–Kier alpha value is -1.87. The molecule has 0 aliphatic rings. The van der Waals surface area contributed by atoms with Gasteiger partial charge >= 0.3 is 0 Å². The lowest BCUT2D eigenvalue weighted by Gasteiger charge is -2.07. The van der Waals surface area contributed by atoms with E-state index in [4.69, 9.17) is 11.6 Å². The van der Waals surface area contributed by atoms with E-state index in [0.29, 0.717) is 16.3 Å². The Kier molecular flexibility index (Phi) is 3.63. The van der Waals surface area contributed by atoms with Gasteiger partial charge in [0.05, 0.1) is 10.6 Å². The van der Waals surface area contributed by atoms with Crippen molar-refractivity contribution < 1.29 is 9.18 Å². The molecule has 2 aromatic rings. The van der Waals surface area contributed by atoms with Gasteiger partial charge in [-0.1, -0.05) is 23.7 Å². The van der Waals surface area contributed by atoms with Gasteiger partial charge in [0.15, 0.2) is 0 Å². The second kappa shape index (κ2) is 5.19. The zero-order chi connectivity index (χ0) is 13.1. The highest BCUT2D eigenvalue weighted by atomic mass is 35.5. The van der Waals surface area contributed by atoms with Gasteiger partial charge in [0, 0.05) is 5.69 Å². The minimum atomic E-state index is -0.400. The first kappa shape index (κ1) is 12.6. The zero-order valence-electron chi connectivity index (χ0n) is 9.71. The highest BCUT2D eigenvalue weighted by Crippen LogP contribution is 2.19. The smallest absolute Gasteiger partial charge is 0.257 e. The summed E-state index contributed by atoms with van der Waals surface area (Å²) in [7, 11) is 0. The summed E-state index contributed by atoms with van der Waals surface area (Å²) >= 11 is 5.99. The lowest BCUT2D eigenvalue weighted by molar-refractivity contribution is 0.102. The topological polar surface area (TPSA) is 29.1 Å². The van der Waals surface area contributed by atoms with Crippen LogP contribution in [0.15, 0.2) is 42.5 Å². The molecule has 2 nitrogen and oxygen atoms in total. The number of hydrogen-bond acceptors (Lipinski definition) is 1. The number of carbonyl (C=O) groups excluding carboxylic acids is 1. The van der Waals surface area contributed by atoms with Gasteiger partial charge in [-0.2, -0.15) is 0 Å². The second-order valence-electron chi connectivity index (χ2n) is 3.95. The van der Waals surface area contributed by atoms with E-state index >= 15 is 0 Å². The average molecular weight is 264 g/mol. The summed E-state index contributed by atoms with van der Waals surface area (Å²) in [6.07, 6.45) is 0. The Morgan fingerprint density at radius 1 is 1.22 bits per heavy atom. The Balaban J connectivity index is 2.22. The van der Waals surface area contributed by atoms with Gasteiger partial charge < -0.3 is 5.32 Å². The van der Waals surface area contributed by atoms with Gasteiger partial charge in [0.2, 0.25) is 0 Å². The highest BCUT2D eigenvalue weighted by molar-refractivity contribution is 6.34. The van der Waals surface area contributed by atoms with Gasteiger partial charge in [-0.25, -0.2) is 4.39 Å². The number of nitrogens with one attached hydrogen (secondary N) is 1. The molecule has 18 heavy (non-hydrogen) atoms. The Morgan fingerprint density at radius 3 is 2.67 bits per heavy atom. The maximum atomic E-state index is 13.0. The van der Waals surface area contributed by atoms with Crippen molar-refractivity contribution in [2.75, 3.05) is 5.32 Å². The first-order chi connectivity index (χ1) is 8.56. The molecule has 0 unspecified atom stereocenters. The minimum absolute atomic E-state index is 0.356. The van der Waals surface area contributed by atoms with E-state index in [1.807, 2.05) is 6.92 Å². The van der Waals surface area contributed by atoms with E-state index in [1.165, 1.54) is 18.2 Å². The van der Waals surface area contributed by atoms with Gasteiger partial charge in [-0.05, 0) is 42.8 Å². The molecule has 0 atom stereocenters. The SMILES string of the molecule is Cc1ccc(C(=O)Nc2cccc(F)c2)c(Cl)c1. The normalized spacial score (nSPS) is 10.2. The van der Waals surface area contributed by atoms with Crippen molar-refractivity contribution in [1.82, 2.24) is 0 Å². The van der Waals surface area contributed by atoms with Gasteiger partial charge in [0.25, 0.3) is 5.91 Å². The van der Waals surface area contributed by atoms with Crippen LogP contribution in [0.1, 0.15) is 15.9 Å². The van der Waals surface area contributed by atoms with E-state index in [9.17, 15) is 9.18 Å². The number of aryl methyl sites for hydroxylation is 1. The summed E-state index contributed by atoms with van der Waals surface area (Å²) in [5.74, 6) is -0.756. The number of benzene rings is 2. The van der Waals surface area contributed by atoms with Crippen LogP contribution in [-0.4, -0.2) is 5.91 Å². The first-order valence-corrected chi connectivity index (χ1v) is 5.77. The summed E-state index contributed by atoms with van der Waals surface area (Å²) in [6, 6.07) is 10.9. The molecule has 0 aliphatic heterocycles. The third-order valence-corrected chi connectivity index (χ3v) is 2.76. The van der Waals surface area contributed by atoms with Crippen molar-refractivity contribution in [1.29, 1.82) is 0 Å². The van der Waals surface area contributed by atoms with Crippen LogP contribution < -0.4 is 5.32 Å². The van der Waals surface area contributed by atoms with E-state index in [1.54, 1.807) is 24.3 Å². The van der Waals surface area contributed by atoms with E-state index < -0.39 is 5.82 Å².